The average Bonchev–Trinajstić information content (AvgIpc) is 2.47. The van der Waals surface area contributed by atoms with Crippen LogP contribution in [0.5, 0.6) is 0 Å². The van der Waals surface area contributed by atoms with E-state index in [1.807, 2.05) is 0 Å². The molecule has 0 amide bonds. The summed E-state index contributed by atoms with van der Waals surface area (Å²) in [6, 6.07) is 19.9. The molecular formula is C21H29N. The zero-order valence-electron chi connectivity index (χ0n) is 14.9. The maximum atomic E-state index is 2.31. The zero-order valence-corrected chi connectivity index (χ0v) is 14.9. The van der Waals surface area contributed by atoms with Gasteiger partial charge in [-0.2, -0.15) is 0 Å². The number of likely N-dealkylation sites (N-methyl/N-ethyl adjacent to an activating group) is 1. The van der Waals surface area contributed by atoms with Gasteiger partial charge in [0.05, 0.1) is 0 Å². The van der Waals surface area contributed by atoms with Crippen molar-refractivity contribution < 1.29 is 0 Å². The Kier molecular flexibility index (Phi) is 4.77. The molecule has 0 radical (unpaired) electrons. The van der Waals surface area contributed by atoms with Crippen molar-refractivity contribution in [2.75, 3.05) is 20.6 Å². The lowest BCUT2D eigenvalue weighted by Crippen LogP contribution is -2.32. The Morgan fingerprint density at radius 1 is 0.682 bits per heavy atom. The second-order valence-corrected chi connectivity index (χ2v) is 7.69. The molecule has 0 spiro atoms. The standard InChI is InChI=1S/C21H29N/c1-20(2,16-22(5)6)17-12-14-19(15-13-17)21(3,4)18-10-8-7-9-11-18/h7-15H,16H2,1-6H3. The molecule has 0 aliphatic rings. The predicted molar refractivity (Wildman–Crippen MR) is 96.6 cm³/mol. The maximum Gasteiger partial charge on any atom is 0.0146 e. The number of hydrogen-bond donors (Lipinski definition) is 0. The van der Waals surface area contributed by atoms with Gasteiger partial charge < -0.3 is 4.90 Å². The highest BCUT2D eigenvalue weighted by atomic mass is 15.1. The number of nitrogens with zero attached hydrogens (tertiary/aromatic N) is 1. The van der Waals surface area contributed by atoms with Crippen LogP contribution in [0.15, 0.2) is 54.6 Å². The summed E-state index contributed by atoms with van der Waals surface area (Å²) in [5, 5.41) is 0. The second kappa shape index (κ2) is 6.26. The average molecular weight is 295 g/mol. The molecule has 0 N–H and O–H groups in total. The van der Waals surface area contributed by atoms with E-state index in [4.69, 9.17) is 0 Å². The van der Waals surface area contributed by atoms with E-state index in [0.29, 0.717) is 0 Å². The van der Waals surface area contributed by atoms with Crippen molar-refractivity contribution in [2.45, 2.75) is 38.5 Å². The lowest BCUT2D eigenvalue weighted by atomic mass is 9.76. The maximum absolute atomic E-state index is 2.31. The van der Waals surface area contributed by atoms with Gasteiger partial charge in [0.2, 0.25) is 0 Å². The molecule has 118 valence electrons. The Balaban J connectivity index is 2.29. The lowest BCUT2D eigenvalue weighted by molar-refractivity contribution is 0.315. The van der Waals surface area contributed by atoms with Gasteiger partial charge in [0.15, 0.2) is 0 Å². The van der Waals surface area contributed by atoms with Crippen LogP contribution in [0.25, 0.3) is 0 Å². The first kappa shape index (κ1) is 16.8. The fourth-order valence-corrected chi connectivity index (χ4v) is 3.24. The van der Waals surface area contributed by atoms with Crippen molar-refractivity contribution in [3.8, 4) is 0 Å². The van der Waals surface area contributed by atoms with Crippen molar-refractivity contribution in [3.63, 3.8) is 0 Å². The van der Waals surface area contributed by atoms with Gasteiger partial charge in [-0.25, -0.2) is 0 Å². The van der Waals surface area contributed by atoms with Gasteiger partial charge in [0, 0.05) is 17.4 Å². The predicted octanol–water partition coefficient (Wildman–Crippen LogP) is 4.85. The summed E-state index contributed by atoms with van der Waals surface area (Å²) >= 11 is 0. The molecule has 2 aromatic carbocycles. The highest BCUT2D eigenvalue weighted by Gasteiger charge is 2.25. The van der Waals surface area contributed by atoms with Gasteiger partial charge in [-0.3, -0.25) is 0 Å². The molecule has 0 aliphatic carbocycles. The van der Waals surface area contributed by atoms with Gasteiger partial charge in [-0.05, 0) is 30.8 Å². The third-order valence-electron chi connectivity index (χ3n) is 4.60. The summed E-state index contributed by atoms with van der Waals surface area (Å²) in [7, 11) is 4.27. The summed E-state index contributed by atoms with van der Waals surface area (Å²) in [4.78, 5) is 2.25. The summed E-state index contributed by atoms with van der Waals surface area (Å²) in [5.41, 5.74) is 4.32. The Hall–Kier alpha value is -1.60. The van der Waals surface area contributed by atoms with Crippen molar-refractivity contribution in [2.24, 2.45) is 0 Å². The van der Waals surface area contributed by atoms with Crippen molar-refractivity contribution in [1.82, 2.24) is 4.90 Å². The third-order valence-corrected chi connectivity index (χ3v) is 4.60. The van der Waals surface area contributed by atoms with E-state index in [1.165, 1.54) is 16.7 Å². The van der Waals surface area contributed by atoms with E-state index in [-0.39, 0.29) is 10.8 Å². The topological polar surface area (TPSA) is 3.24 Å². The normalized spacial score (nSPS) is 12.7. The molecule has 22 heavy (non-hydrogen) atoms. The quantitative estimate of drug-likeness (QED) is 0.762. The molecular weight excluding hydrogens is 266 g/mol. The SMILES string of the molecule is CN(C)CC(C)(C)c1ccc(C(C)(C)c2ccccc2)cc1. The van der Waals surface area contributed by atoms with E-state index in [1.54, 1.807) is 0 Å². The Morgan fingerprint density at radius 2 is 1.14 bits per heavy atom. The second-order valence-electron chi connectivity index (χ2n) is 7.69. The molecule has 0 heterocycles. The van der Waals surface area contributed by atoms with E-state index >= 15 is 0 Å². The third kappa shape index (κ3) is 3.59. The van der Waals surface area contributed by atoms with Crippen molar-refractivity contribution in [1.29, 1.82) is 0 Å². The number of benzene rings is 2. The van der Waals surface area contributed by atoms with Crippen LogP contribution >= 0.6 is 0 Å². The molecule has 0 aliphatic heterocycles. The molecule has 2 aromatic rings. The van der Waals surface area contributed by atoms with Crippen LogP contribution in [0.4, 0.5) is 0 Å². The molecule has 0 atom stereocenters. The van der Waals surface area contributed by atoms with Gasteiger partial charge in [-0.15, -0.1) is 0 Å². The van der Waals surface area contributed by atoms with Gasteiger partial charge >= 0.3 is 0 Å². The minimum Gasteiger partial charge on any atom is -0.309 e. The summed E-state index contributed by atoms with van der Waals surface area (Å²) in [6.07, 6.45) is 0. The van der Waals surface area contributed by atoms with Crippen LogP contribution < -0.4 is 0 Å². The van der Waals surface area contributed by atoms with Crippen LogP contribution in [0.2, 0.25) is 0 Å². The summed E-state index contributed by atoms with van der Waals surface area (Å²) < 4.78 is 0. The largest absolute Gasteiger partial charge is 0.309 e. The Bertz CT molecular complexity index is 592. The highest BCUT2D eigenvalue weighted by molar-refractivity contribution is 5.39. The van der Waals surface area contributed by atoms with Crippen LogP contribution in [0.1, 0.15) is 44.4 Å². The van der Waals surface area contributed by atoms with Crippen LogP contribution in [-0.2, 0) is 10.8 Å². The highest BCUT2D eigenvalue weighted by Crippen LogP contribution is 2.33. The molecule has 0 bridgehead atoms. The van der Waals surface area contributed by atoms with Gasteiger partial charge in [-0.1, -0.05) is 82.3 Å². The minimum atomic E-state index is 0.0332. The molecule has 0 fully saturated rings. The number of hydrogen-bond acceptors (Lipinski definition) is 1. The first-order valence-corrected chi connectivity index (χ1v) is 8.05. The molecule has 0 saturated carbocycles. The molecule has 1 heteroatoms. The zero-order chi connectivity index (χ0) is 16.4. The number of rotatable bonds is 5. The first-order chi connectivity index (χ1) is 10.2. The van der Waals surface area contributed by atoms with Crippen molar-refractivity contribution in [3.05, 3.63) is 71.3 Å². The minimum absolute atomic E-state index is 0.0332. The monoisotopic (exact) mass is 295 g/mol. The van der Waals surface area contributed by atoms with E-state index < -0.39 is 0 Å². The van der Waals surface area contributed by atoms with Crippen LogP contribution in [0.3, 0.4) is 0 Å². The molecule has 0 saturated heterocycles. The van der Waals surface area contributed by atoms with E-state index in [2.05, 4.69) is 101 Å². The van der Waals surface area contributed by atoms with Gasteiger partial charge in [0.25, 0.3) is 0 Å². The lowest BCUT2D eigenvalue weighted by Gasteiger charge is -2.31. The van der Waals surface area contributed by atoms with E-state index in [9.17, 15) is 0 Å². The molecule has 1 nitrogen and oxygen atoms in total. The summed E-state index contributed by atoms with van der Waals surface area (Å²) in [6.45, 7) is 10.3. The summed E-state index contributed by atoms with van der Waals surface area (Å²) in [5.74, 6) is 0. The fourth-order valence-electron chi connectivity index (χ4n) is 3.24. The van der Waals surface area contributed by atoms with Crippen molar-refractivity contribution >= 4 is 0 Å². The molecule has 2 rings (SSSR count). The Morgan fingerprint density at radius 3 is 1.64 bits per heavy atom. The smallest absolute Gasteiger partial charge is 0.0146 e. The molecule has 0 unspecified atom stereocenters. The van der Waals surface area contributed by atoms with Gasteiger partial charge in [0.1, 0.15) is 0 Å². The fraction of sp³-hybridized carbons (Fsp3) is 0.429. The van der Waals surface area contributed by atoms with Crippen LogP contribution in [-0.4, -0.2) is 25.5 Å². The van der Waals surface area contributed by atoms with E-state index in [0.717, 1.165) is 6.54 Å². The first-order valence-electron chi connectivity index (χ1n) is 8.05. The Labute approximate surface area is 136 Å². The van der Waals surface area contributed by atoms with Crippen LogP contribution in [0, 0.1) is 0 Å². The molecule has 0 aromatic heterocycles.